The van der Waals surface area contributed by atoms with Crippen molar-refractivity contribution in [3.8, 4) is 11.3 Å². The minimum Gasteiger partial charge on any atom is -0.448 e. The first-order valence-electron chi connectivity index (χ1n) is 6.20. The Kier molecular flexibility index (Phi) is 4.63. The van der Waals surface area contributed by atoms with Gasteiger partial charge >= 0.3 is 5.91 Å². The molecule has 2 rings (SSSR count). The topological polar surface area (TPSA) is 97.8 Å². The molecule has 1 aromatic heterocycles. The Balaban J connectivity index is 2.58. The van der Waals surface area contributed by atoms with E-state index < -0.39 is 5.91 Å². The molecule has 2 aromatic rings. The lowest BCUT2D eigenvalue weighted by molar-refractivity contribution is 0.0978. The Morgan fingerprint density at radius 1 is 1.23 bits per heavy atom. The van der Waals surface area contributed by atoms with Crippen LogP contribution in [0.2, 0.25) is 10.0 Å². The zero-order valence-corrected chi connectivity index (χ0v) is 13.4. The molecule has 6 nitrogen and oxygen atoms in total. The summed E-state index contributed by atoms with van der Waals surface area (Å²) in [5, 5.41) is 0.948. The fourth-order valence-corrected chi connectivity index (χ4v) is 2.24. The lowest BCUT2D eigenvalue weighted by atomic mass is 10.1. The monoisotopic (exact) mass is 340 g/mol. The molecule has 0 atom stereocenters. The van der Waals surface area contributed by atoms with Crippen LogP contribution < -0.4 is 16.4 Å². The van der Waals surface area contributed by atoms with E-state index in [4.69, 9.17) is 39.1 Å². The van der Waals surface area contributed by atoms with E-state index in [2.05, 4.69) is 4.99 Å². The summed E-state index contributed by atoms with van der Waals surface area (Å²) in [6.45, 7) is 0. The maximum atomic E-state index is 12.0. The average Bonchev–Trinajstić information content (AvgIpc) is 2.86. The first-order chi connectivity index (χ1) is 10.3. The SMILES string of the molecule is CN(C)c1cc(-c2cc(Cl)ccc2Cl)oc1C(=O)N=C(N)N. The Morgan fingerprint density at radius 3 is 2.50 bits per heavy atom. The molecule has 0 aliphatic heterocycles. The fourth-order valence-electron chi connectivity index (χ4n) is 1.85. The van der Waals surface area contributed by atoms with Crippen molar-refractivity contribution in [1.82, 2.24) is 0 Å². The number of aliphatic imine (C=N–C) groups is 1. The van der Waals surface area contributed by atoms with Crippen molar-refractivity contribution < 1.29 is 9.21 Å². The second-order valence-electron chi connectivity index (χ2n) is 4.69. The van der Waals surface area contributed by atoms with Crippen molar-refractivity contribution >= 4 is 40.8 Å². The van der Waals surface area contributed by atoms with Crippen LogP contribution in [0.4, 0.5) is 5.69 Å². The van der Waals surface area contributed by atoms with Gasteiger partial charge in [0.2, 0.25) is 5.76 Å². The van der Waals surface area contributed by atoms with Gasteiger partial charge in [-0.05, 0) is 18.2 Å². The van der Waals surface area contributed by atoms with Crippen LogP contribution in [0.1, 0.15) is 10.6 Å². The van der Waals surface area contributed by atoms with Gasteiger partial charge in [0.05, 0.1) is 10.7 Å². The van der Waals surface area contributed by atoms with Crippen LogP contribution >= 0.6 is 23.2 Å². The molecule has 1 heterocycles. The number of nitrogens with zero attached hydrogens (tertiary/aromatic N) is 2. The number of hydrogen-bond donors (Lipinski definition) is 2. The molecule has 0 fully saturated rings. The Labute approximate surface area is 137 Å². The smallest absolute Gasteiger partial charge is 0.318 e. The molecule has 1 amide bonds. The van der Waals surface area contributed by atoms with Gasteiger partial charge in [-0.3, -0.25) is 4.79 Å². The molecule has 0 aliphatic rings. The van der Waals surface area contributed by atoms with E-state index in [-0.39, 0.29) is 11.7 Å². The number of amides is 1. The lowest BCUT2D eigenvalue weighted by Crippen LogP contribution is -2.24. The molecular formula is C14H14Cl2N4O2. The quantitative estimate of drug-likeness (QED) is 0.661. The van der Waals surface area contributed by atoms with E-state index in [1.807, 2.05) is 0 Å². The molecule has 8 heteroatoms. The molecular weight excluding hydrogens is 327 g/mol. The van der Waals surface area contributed by atoms with E-state index in [1.165, 1.54) is 0 Å². The minimum absolute atomic E-state index is 0.0180. The van der Waals surface area contributed by atoms with Crippen LogP contribution in [-0.4, -0.2) is 26.0 Å². The Morgan fingerprint density at radius 2 is 1.91 bits per heavy atom. The third-order valence-corrected chi connectivity index (χ3v) is 3.38. The van der Waals surface area contributed by atoms with E-state index in [1.54, 1.807) is 43.3 Å². The van der Waals surface area contributed by atoms with Crippen molar-refractivity contribution in [2.45, 2.75) is 0 Å². The number of hydrogen-bond acceptors (Lipinski definition) is 3. The molecule has 0 radical (unpaired) electrons. The maximum Gasteiger partial charge on any atom is 0.318 e. The van der Waals surface area contributed by atoms with Crippen molar-refractivity contribution in [2.24, 2.45) is 16.5 Å². The predicted octanol–water partition coefficient (Wildman–Crippen LogP) is 2.73. The van der Waals surface area contributed by atoms with E-state index in [0.29, 0.717) is 27.1 Å². The summed E-state index contributed by atoms with van der Waals surface area (Å²) >= 11 is 12.1. The number of guanidine groups is 1. The molecule has 116 valence electrons. The normalized spacial score (nSPS) is 10.4. The Bertz CT molecular complexity index is 749. The molecule has 0 unspecified atom stereocenters. The van der Waals surface area contributed by atoms with Gasteiger partial charge in [-0.1, -0.05) is 23.2 Å². The van der Waals surface area contributed by atoms with Crippen LogP contribution in [0, 0.1) is 0 Å². The second-order valence-corrected chi connectivity index (χ2v) is 5.53. The highest BCUT2D eigenvalue weighted by atomic mass is 35.5. The highest BCUT2D eigenvalue weighted by Gasteiger charge is 2.21. The Hall–Kier alpha value is -2.18. The lowest BCUT2D eigenvalue weighted by Gasteiger charge is -2.09. The van der Waals surface area contributed by atoms with Crippen LogP contribution in [-0.2, 0) is 0 Å². The van der Waals surface area contributed by atoms with Crippen LogP contribution in [0.15, 0.2) is 33.7 Å². The van der Waals surface area contributed by atoms with Gasteiger partial charge in [0, 0.05) is 30.7 Å². The zero-order chi connectivity index (χ0) is 16.4. The third kappa shape index (κ3) is 3.35. The van der Waals surface area contributed by atoms with Crippen molar-refractivity contribution in [2.75, 3.05) is 19.0 Å². The summed E-state index contributed by atoms with van der Waals surface area (Å²) in [6.07, 6.45) is 0. The van der Waals surface area contributed by atoms with Gasteiger partial charge in [0.25, 0.3) is 0 Å². The number of carbonyl (C=O) groups excluding carboxylic acids is 1. The third-order valence-electron chi connectivity index (χ3n) is 2.81. The van der Waals surface area contributed by atoms with Crippen LogP contribution in [0.3, 0.4) is 0 Å². The molecule has 1 aromatic carbocycles. The maximum absolute atomic E-state index is 12.0. The number of nitrogens with two attached hydrogens (primary N) is 2. The number of furan rings is 1. The summed E-state index contributed by atoms with van der Waals surface area (Å²) < 4.78 is 5.61. The van der Waals surface area contributed by atoms with Gasteiger partial charge < -0.3 is 20.8 Å². The summed E-state index contributed by atoms with van der Waals surface area (Å²) in [4.78, 5) is 17.3. The second kappa shape index (κ2) is 6.29. The zero-order valence-electron chi connectivity index (χ0n) is 11.9. The molecule has 0 saturated heterocycles. The number of carbonyl (C=O) groups is 1. The van der Waals surface area contributed by atoms with E-state index >= 15 is 0 Å². The van der Waals surface area contributed by atoms with Crippen LogP contribution in [0.25, 0.3) is 11.3 Å². The minimum atomic E-state index is -0.673. The van der Waals surface area contributed by atoms with Crippen LogP contribution in [0.5, 0.6) is 0 Å². The van der Waals surface area contributed by atoms with Crippen molar-refractivity contribution in [3.63, 3.8) is 0 Å². The molecule has 4 N–H and O–H groups in total. The van der Waals surface area contributed by atoms with Gasteiger partial charge in [-0.2, -0.15) is 4.99 Å². The molecule has 22 heavy (non-hydrogen) atoms. The molecule has 0 saturated carbocycles. The fraction of sp³-hybridized carbons (Fsp3) is 0.143. The summed E-state index contributed by atoms with van der Waals surface area (Å²) in [5.74, 6) is -0.601. The first kappa shape index (κ1) is 16.2. The standard InChI is InChI=1S/C14H14Cl2N4O2/c1-20(2)10-6-11(8-5-7(15)3-4-9(8)16)22-12(10)13(21)19-14(17)18/h3-6H,1-2H3,(H4,17,18,19,21). The van der Waals surface area contributed by atoms with Gasteiger partial charge in [0.1, 0.15) is 5.76 Å². The number of halogens is 2. The largest absolute Gasteiger partial charge is 0.448 e. The summed E-state index contributed by atoms with van der Waals surface area (Å²) in [5.41, 5.74) is 11.6. The van der Waals surface area contributed by atoms with E-state index in [9.17, 15) is 4.79 Å². The number of anilines is 1. The molecule has 0 aliphatic carbocycles. The number of benzene rings is 1. The molecule has 0 bridgehead atoms. The van der Waals surface area contributed by atoms with Gasteiger partial charge in [-0.25, -0.2) is 0 Å². The summed E-state index contributed by atoms with van der Waals surface area (Å²) in [7, 11) is 3.53. The first-order valence-corrected chi connectivity index (χ1v) is 6.95. The molecule has 0 spiro atoms. The van der Waals surface area contributed by atoms with E-state index in [0.717, 1.165) is 0 Å². The summed E-state index contributed by atoms with van der Waals surface area (Å²) in [6, 6.07) is 6.63. The predicted molar refractivity (Wildman–Crippen MR) is 88.6 cm³/mol. The highest BCUT2D eigenvalue weighted by molar-refractivity contribution is 6.35. The average molecular weight is 341 g/mol. The van der Waals surface area contributed by atoms with Crippen molar-refractivity contribution in [3.05, 3.63) is 40.1 Å². The van der Waals surface area contributed by atoms with Crippen molar-refractivity contribution in [1.29, 1.82) is 0 Å². The van der Waals surface area contributed by atoms with Gasteiger partial charge in [-0.15, -0.1) is 0 Å². The number of rotatable bonds is 3. The van der Waals surface area contributed by atoms with Gasteiger partial charge in [0.15, 0.2) is 5.96 Å². The highest BCUT2D eigenvalue weighted by Crippen LogP contribution is 2.36.